The minimum Gasteiger partial charge on any atom is -0.490 e. The molecule has 0 radical (unpaired) electrons. The van der Waals surface area contributed by atoms with Crippen LogP contribution in [0.4, 0.5) is 0 Å². The van der Waals surface area contributed by atoms with Gasteiger partial charge in [-0.1, -0.05) is 32.9 Å². The van der Waals surface area contributed by atoms with Gasteiger partial charge in [-0.2, -0.15) is 0 Å². The van der Waals surface area contributed by atoms with Gasteiger partial charge in [0.1, 0.15) is 5.75 Å². The van der Waals surface area contributed by atoms with Crippen LogP contribution in [0.15, 0.2) is 24.3 Å². The fourth-order valence-corrected chi connectivity index (χ4v) is 4.62. The molecule has 1 aromatic rings. The van der Waals surface area contributed by atoms with Crippen molar-refractivity contribution >= 4 is 5.97 Å². The first kappa shape index (κ1) is 20.2. The molecule has 1 aliphatic heterocycles. The third kappa shape index (κ3) is 5.71. The predicted octanol–water partition coefficient (Wildman–Crippen LogP) is 4.93. The van der Waals surface area contributed by atoms with Gasteiger partial charge in [-0.15, -0.1) is 0 Å². The summed E-state index contributed by atoms with van der Waals surface area (Å²) in [6, 6.07) is 8.62. The van der Waals surface area contributed by atoms with E-state index in [9.17, 15) is 4.79 Å². The van der Waals surface area contributed by atoms with Crippen molar-refractivity contribution in [3.63, 3.8) is 0 Å². The Kier molecular flexibility index (Phi) is 6.46. The van der Waals surface area contributed by atoms with Crippen molar-refractivity contribution < 1.29 is 14.6 Å². The summed E-state index contributed by atoms with van der Waals surface area (Å²) in [5.74, 6) is 1.59. The van der Waals surface area contributed by atoms with Crippen molar-refractivity contribution in [2.45, 2.75) is 71.3 Å². The summed E-state index contributed by atoms with van der Waals surface area (Å²) in [7, 11) is 0. The van der Waals surface area contributed by atoms with Crippen LogP contribution >= 0.6 is 0 Å². The first-order valence-corrected chi connectivity index (χ1v) is 10.5. The topological polar surface area (TPSA) is 49.8 Å². The lowest BCUT2D eigenvalue weighted by molar-refractivity contribution is -0.137. The fraction of sp³-hybridized carbons (Fsp3) is 0.696. The van der Waals surface area contributed by atoms with Gasteiger partial charge >= 0.3 is 5.97 Å². The van der Waals surface area contributed by atoms with E-state index in [1.165, 1.54) is 18.4 Å². The third-order valence-corrected chi connectivity index (χ3v) is 6.47. The van der Waals surface area contributed by atoms with Crippen LogP contribution in [-0.2, 0) is 4.79 Å². The zero-order valence-corrected chi connectivity index (χ0v) is 17.1. The molecule has 150 valence electrons. The van der Waals surface area contributed by atoms with Crippen LogP contribution in [-0.4, -0.2) is 41.7 Å². The predicted molar refractivity (Wildman–Crippen MR) is 108 cm³/mol. The molecule has 0 amide bonds. The summed E-state index contributed by atoms with van der Waals surface area (Å²) >= 11 is 0. The summed E-state index contributed by atoms with van der Waals surface area (Å²) in [5, 5.41) is 8.84. The van der Waals surface area contributed by atoms with Crippen LogP contribution in [0.5, 0.6) is 5.75 Å². The molecule has 0 aromatic heterocycles. The second-order valence-electron chi connectivity index (χ2n) is 9.46. The highest BCUT2D eigenvalue weighted by atomic mass is 16.5. The average molecular weight is 374 g/mol. The number of benzene rings is 1. The Labute approximate surface area is 163 Å². The lowest BCUT2D eigenvalue weighted by atomic mass is 9.72. The van der Waals surface area contributed by atoms with Crippen LogP contribution in [0.25, 0.3) is 0 Å². The molecule has 3 rings (SSSR count). The molecule has 0 spiro atoms. The van der Waals surface area contributed by atoms with Gasteiger partial charge in [-0.25, -0.2) is 0 Å². The van der Waals surface area contributed by atoms with Gasteiger partial charge < -0.3 is 14.7 Å². The van der Waals surface area contributed by atoms with Gasteiger partial charge in [0.05, 0.1) is 12.5 Å². The zero-order chi connectivity index (χ0) is 19.4. The van der Waals surface area contributed by atoms with Crippen molar-refractivity contribution in [2.75, 3.05) is 19.6 Å². The van der Waals surface area contributed by atoms with Gasteiger partial charge in [0.2, 0.25) is 0 Å². The van der Waals surface area contributed by atoms with E-state index in [4.69, 9.17) is 9.84 Å². The molecule has 1 aromatic carbocycles. The highest BCUT2D eigenvalue weighted by Crippen LogP contribution is 2.39. The van der Waals surface area contributed by atoms with Crippen LogP contribution in [0.3, 0.4) is 0 Å². The molecule has 1 atom stereocenters. The number of hydrogen-bond acceptors (Lipinski definition) is 3. The first-order valence-electron chi connectivity index (χ1n) is 10.5. The molecule has 1 unspecified atom stereocenters. The fourth-order valence-electron chi connectivity index (χ4n) is 4.62. The van der Waals surface area contributed by atoms with Crippen LogP contribution in [0.2, 0.25) is 0 Å². The number of rotatable bonds is 6. The summed E-state index contributed by atoms with van der Waals surface area (Å²) in [6.45, 7) is 9.66. The summed E-state index contributed by atoms with van der Waals surface area (Å²) in [6.07, 6.45) is 6.54. The molecule has 1 saturated carbocycles. The van der Waals surface area contributed by atoms with E-state index in [2.05, 4.69) is 49.9 Å². The van der Waals surface area contributed by atoms with Crippen LogP contribution < -0.4 is 4.74 Å². The van der Waals surface area contributed by atoms with E-state index in [0.717, 1.165) is 44.0 Å². The van der Waals surface area contributed by atoms with Crippen molar-refractivity contribution in [3.05, 3.63) is 29.8 Å². The average Bonchev–Trinajstić information content (AvgIpc) is 3.09. The molecule has 27 heavy (non-hydrogen) atoms. The number of hydrogen-bond donors (Lipinski definition) is 1. The Bertz CT molecular complexity index is 612. The number of nitrogens with zero attached hydrogens (tertiary/aromatic N) is 1. The Morgan fingerprint density at radius 1 is 1.11 bits per heavy atom. The van der Waals surface area contributed by atoms with Gasteiger partial charge in [0.15, 0.2) is 0 Å². The number of carboxylic acids is 1. The largest absolute Gasteiger partial charge is 0.490 e. The molecule has 1 N–H and O–H groups in total. The molecule has 0 bridgehead atoms. The van der Waals surface area contributed by atoms with E-state index in [0.29, 0.717) is 24.0 Å². The van der Waals surface area contributed by atoms with Crippen molar-refractivity contribution in [1.82, 2.24) is 4.90 Å². The van der Waals surface area contributed by atoms with Gasteiger partial charge in [0, 0.05) is 13.1 Å². The highest BCUT2D eigenvalue weighted by Gasteiger charge is 2.30. The second-order valence-corrected chi connectivity index (χ2v) is 9.46. The Hall–Kier alpha value is -1.55. The maximum absolute atomic E-state index is 10.7. The van der Waals surface area contributed by atoms with E-state index in [1.54, 1.807) is 0 Å². The molecule has 2 aliphatic rings. The summed E-state index contributed by atoms with van der Waals surface area (Å²) < 4.78 is 6.24. The molecular weight excluding hydrogens is 338 g/mol. The van der Waals surface area contributed by atoms with E-state index in [-0.39, 0.29) is 6.42 Å². The van der Waals surface area contributed by atoms with Crippen LogP contribution in [0.1, 0.15) is 70.8 Å². The number of likely N-dealkylation sites (tertiary alicyclic amines) is 1. The number of carbonyl (C=O) groups is 1. The minimum atomic E-state index is -0.712. The molecule has 1 aliphatic carbocycles. The summed E-state index contributed by atoms with van der Waals surface area (Å²) in [5.41, 5.74) is 1.75. The monoisotopic (exact) mass is 373 g/mol. The minimum absolute atomic E-state index is 0.233. The maximum atomic E-state index is 10.7. The van der Waals surface area contributed by atoms with Crippen molar-refractivity contribution in [1.29, 1.82) is 0 Å². The number of carboxylic acid groups (broad SMARTS) is 1. The second kappa shape index (κ2) is 8.64. The smallest absolute Gasteiger partial charge is 0.304 e. The molecule has 4 heteroatoms. The summed E-state index contributed by atoms with van der Waals surface area (Å²) in [4.78, 5) is 13.0. The first-order chi connectivity index (χ1) is 12.8. The Balaban J connectivity index is 1.46. The number of aliphatic carboxylic acids is 1. The Morgan fingerprint density at radius 2 is 1.78 bits per heavy atom. The van der Waals surface area contributed by atoms with Gasteiger partial charge in [-0.05, 0) is 73.6 Å². The van der Waals surface area contributed by atoms with E-state index in [1.807, 2.05) is 0 Å². The molecular formula is C23H35NO3. The molecule has 4 nitrogen and oxygen atoms in total. The van der Waals surface area contributed by atoms with Crippen molar-refractivity contribution in [3.8, 4) is 5.75 Å². The maximum Gasteiger partial charge on any atom is 0.304 e. The lowest BCUT2D eigenvalue weighted by Gasteiger charge is -2.37. The molecule has 1 heterocycles. The normalized spacial score (nSPS) is 26.9. The third-order valence-electron chi connectivity index (χ3n) is 6.47. The zero-order valence-electron chi connectivity index (χ0n) is 17.1. The number of ether oxygens (including phenoxy) is 1. The van der Waals surface area contributed by atoms with Gasteiger partial charge in [-0.3, -0.25) is 4.79 Å². The van der Waals surface area contributed by atoms with Crippen LogP contribution in [0, 0.1) is 11.3 Å². The standard InChI is InChI=1S/C23H35NO3/c1-23(2,3)19-6-10-21(11-7-19)27-20-8-4-17(5-9-20)18-12-14-24(16-18)15-13-22(25)26/h4-5,8-9,18-19,21H,6-7,10-16H2,1-3H3,(H,25,26)/t18?,19-,21-. The quantitative estimate of drug-likeness (QED) is 0.768. The highest BCUT2D eigenvalue weighted by molar-refractivity contribution is 5.66. The lowest BCUT2D eigenvalue weighted by Crippen LogP contribution is -2.30. The van der Waals surface area contributed by atoms with E-state index >= 15 is 0 Å². The molecule has 1 saturated heterocycles. The van der Waals surface area contributed by atoms with Gasteiger partial charge in [0.25, 0.3) is 0 Å². The van der Waals surface area contributed by atoms with Crippen molar-refractivity contribution in [2.24, 2.45) is 11.3 Å². The van der Waals surface area contributed by atoms with E-state index < -0.39 is 5.97 Å². The molecule has 2 fully saturated rings. The SMILES string of the molecule is CC(C)(C)[C@H]1CC[C@H](Oc2ccc(C3CCN(CCC(=O)O)C3)cc2)CC1. The Morgan fingerprint density at radius 3 is 2.37 bits per heavy atom.